The Kier molecular flexibility index (Phi) is 6.19. The maximum atomic E-state index is 11.8. The summed E-state index contributed by atoms with van der Waals surface area (Å²) >= 11 is 0. The molecule has 0 saturated carbocycles. The van der Waals surface area contributed by atoms with Crippen molar-refractivity contribution in [2.24, 2.45) is 0 Å². The summed E-state index contributed by atoms with van der Waals surface area (Å²) in [6.45, 7) is 3.03. The van der Waals surface area contributed by atoms with E-state index >= 15 is 0 Å². The number of hydrogen-bond donors (Lipinski definition) is 1. The molecule has 1 aliphatic heterocycles. The van der Waals surface area contributed by atoms with Crippen molar-refractivity contribution in [3.8, 4) is 0 Å². The van der Waals surface area contributed by atoms with Gasteiger partial charge in [0.1, 0.15) is 0 Å². The Hall–Kier alpha value is -1.85. The molecule has 5 nitrogen and oxygen atoms in total. The van der Waals surface area contributed by atoms with E-state index in [4.69, 9.17) is 0 Å². The predicted molar refractivity (Wildman–Crippen MR) is 93.4 cm³/mol. The number of H-pyrrole nitrogens is 1. The highest BCUT2D eigenvalue weighted by Crippen LogP contribution is 2.20. The van der Waals surface area contributed by atoms with Crippen LogP contribution in [0, 0.1) is 0 Å². The number of aromatic amines is 1. The number of nitrogens with zero attached hydrogens (tertiary/aromatic N) is 2. The van der Waals surface area contributed by atoms with Crippen LogP contribution in [-0.4, -0.2) is 34.1 Å². The van der Waals surface area contributed by atoms with Gasteiger partial charge in [-0.15, -0.1) is 12.4 Å². The Morgan fingerprint density at radius 2 is 1.74 bits per heavy atom. The Bertz CT molecular complexity index is 718. The van der Waals surface area contributed by atoms with Crippen molar-refractivity contribution in [2.75, 3.05) is 19.6 Å². The van der Waals surface area contributed by atoms with Gasteiger partial charge in [-0.3, -0.25) is 14.3 Å². The minimum absolute atomic E-state index is 0. The fourth-order valence-corrected chi connectivity index (χ4v) is 3.07. The molecule has 3 rings (SSSR count). The highest BCUT2D eigenvalue weighted by molar-refractivity contribution is 5.85. The molecule has 2 aromatic rings. The van der Waals surface area contributed by atoms with Gasteiger partial charge >= 0.3 is 5.69 Å². The average Bonchev–Trinajstić information content (AvgIpc) is 2.55. The van der Waals surface area contributed by atoms with E-state index in [1.165, 1.54) is 11.6 Å². The first-order valence-electron chi connectivity index (χ1n) is 7.80. The number of aromatic nitrogens is 2. The monoisotopic (exact) mass is 335 g/mol. The van der Waals surface area contributed by atoms with Crippen molar-refractivity contribution in [1.82, 2.24) is 14.5 Å². The van der Waals surface area contributed by atoms with Crippen molar-refractivity contribution in [3.63, 3.8) is 0 Å². The van der Waals surface area contributed by atoms with Crippen LogP contribution in [0.1, 0.15) is 24.4 Å². The first-order valence-corrected chi connectivity index (χ1v) is 7.80. The number of nitrogens with one attached hydrogen (secondary N) is 1. The van der Waals surface area contributed by atoms with Crippen LogP contribution in [0.25, 0.3) is 0 Å². The van der Waals surface area contributed by atoms with Gasteiger partial charge in [-0.2, -0.15) is 0 Å². The van der Waals surface area contributed by atoms with Gasteiger partial charge in [-0.05, 0) is 24.8 Å². The van der Waals surface area contributed by atoms with Crippen LogP contribution in [0.15, 0.2) is 52.2 Å². The molecule has 0 spiro atoms. The molecule has 0 unspecified atom stereocenters. The van der Waals surface area contributed by atoms with E-state index < -0.39 is 0 Å². The normalized spacial score (nSPS) is 16.0. The van der Waals surface area contributed by atoms with E-state index in [2.05, 4.69) is 34.1 Å². The Morgan fingerprint density at radius 3 is 2.39 bits per heavy atom. The van der Waals surface area contributed by atoms with E-state index in [9.17, 15) is 9.59 Å². The topological polar surface area (TPSA) is 58.1 Å². The molecule has 6 heteroatoms. The minimum atomic E-state index is -0.332. The summed E-state index contributed by atoms with van der Waals surface area (Å²) in [6, 6.07) is 12.1. The van der Waals surface area contributed by atoms with Gasteiger partial charge in [0.25, 0.3) is 5.56 Å². The summed E-state index contributed by atoms with van der Waals surface area (Å²) in [6.07, 6.45) is 4.57. The molecule has 0 amide bonds. The summed E-state index contributed by atoms with van der Waals surface area (Å²) in [5, 5.41) is 0. The van der Waals surface area contributed by atoms with Crippen LogP contribution < -0.4 is 11.2 Å². The van der Waals surface area contributed by atoms with Gasteiger partial charge < -0.3 is 4.90 Å². The third-order valence-electron chi connectivity index (χ3n) is 4.36. The molecule has 1 N–H and O–H groups in total. The third-order valence-corrected chi connectivity index (χ3v) is 4.36. The lowest BCUT2D eigenvalue weighted by molar-refractivity contribution is 0.185. The maximum Gasteiger partial charge on any atom is 0.328 e. The molecule has 1 fully saturated rings. The Morgan fingerprint density at radius 1 is 1.04 bits per heavy atom. The lowest BCUT2D eigenvalue weighted by atomic mass is 10.0. The summed E-state index contributed by atoms with van der Waals surface area (Å²) in [5.74, 6) is 0. The fourth-order valence-electron chi connectivity index (χ4n) is 3.07. The zero-order valence-corrected chi connectivity index (χ0v) is 13.8. The smallest absolute Gasteiger partial charge is 0.303 e. The highest BCUT2D eigenvalue weighted by Gasteiger charge is 2.20. The van der Waals surface area contributed by atoms with E-state index in [1.54, 1.807) is 10.8 Å². The first kappa shape index (κ1) is 17.5. The van der Waals surface area contributed by atoms with Gasteiger partial charge in [0.15, 0.2) is 0 Å². The molecule has 1 aromatic heterocycles. The second kappa shape index (κ2) is 8.13. The molecule has 1 aromatic carbocycles. The molecule has 1 saturated heterocycles. The average molecular weight is 336 g/mol. The number of halogens is 1. The molecule has 0 radical (unpaired) electrons. The molecule has 2 heterocycles. The standard InChI is InChI=1S/C17H21N3O2.ClH/c21-16-9-13-20(17(22)18-16)15-7-11-19(12-8-15)10-6-14-4-2-1-3-5-14;/h1-5,9,13,15H,6-8,10-12H2,(H,18,21,22);1H. The van der Waals surface area contributed by atoms with Gasteiger partial charge in [0.05, 0.1) is 0 Å². The second-order valence-electron chi connectivity index (χ2n) is 5.83. The third kappa shape index (κ3) is 4.56. The predicted octanol–water partition coefficient (Wildman–Crippen LogP) is 1.84. The molecule has 0 bridgehead atoms. The van der Waals surface area contributed by atoms with E-state index in [0.29, 0.717) is 0 Å². The van der Waals surface area contributed by atoms with Gasteiger partial charge in [-0.25, -0.2) is 4.79 Å². The van der Waals surface area contributed by atoms with Crippen molar-refractivity contribution >= 4 is 12.4 Å². The van der Waals surface area contributed by atoms with Crippen molar-refractivity contribution in [2.45, 2.75) is 25.3 Å². The highest BCUT2D eigenvalue weighted by atomic mass is 35.5. The number of rotatable bonds is 4. The summed E-state index contributed by atoms with van der Waals surface area (Å²) in [4.78, 5) is 27.7. The number of piperidine rings is 1. The Balaban J connectivity index is 0.00000192. The number of benzene rings is 1. The van der Waals surface area contributed by atoms with Crippen molar-refractivity contribution in [3.05, 3.63) is 69.0 Å². The quantitative estimate of drug-likeness (QED) is 0.927. The number of hydrogen-bond acceptors (Lipinski definition) is 3. The van der Waals surface area contributed by atoms with Gasteiger partial charge in [0, 0.05) is 37.9 Å². The fraction of sp³-hybridized carbons (Fsp3) is 0.412. The molecule has 1 aliphatic rings. The molecule has 23 heavy (non-hydrogen) atoms. The molecule has 124 valence electrons. The van der Waals surface area contributed by atoms with Crippen LogP contribution >= 0.6 is 12.4 Å². The van der Waals surface area contributed by atoms with Crippen LogP contribution in [0.5, 0.6) is 0 Å². The van der Waals surface area contributed by atoms with E-state index in [1.807, 2.05) is 6.07 Å². The summed E-state index contributed by atoms with van der Waals surface area (Å²) in [7, 11) is 0. The lowest BCUT2D eigenvalue weighted by Crippen LogP contribution is -2.39. The van der Waals surface area contributed by atoms with Crippen LogP contribution in [0.4, 0.5) is 0 Å². The molecular weight excluding hydrogens is 314 g/mol. The molecular formula is C17H22ClN3O2. The van der Waals surface area contributed by atoms with Gasteiger partial charge in [0.2, 0.25) is 0 Å². The molecule has 0 atom stereocenters. The SMILES string of the molecule is Cl.O=c1ccn(C2CCN(CCc3ccccc3)CC2)c(=O)[nH]1. The summed E-state index contributed by atoms with van der Waals surface area (Å²) < 4.78 is 1.66. The van der Waals surface area contributed by atoms with E-state index in [0.717, 1.165) is 38.9 Å². The van der Waals surface area contributed by atoms with Crippen LogP contribution in [0.3, 0.4) is 0 Å². The van der Waals surface area contributed by atoms with Crippen molar-refractivity contribution < 1.29 is 0 Å². The lowest BCUT2D eigenvalue weighted by Gasteiger charge is -2.32. The zero-order chi connectivity index (χ0) is 15.4. The molecule has 0 aliphatic carbocycles. The minimum Gasteiger partial charge on any atom is -0.303 e. The summed E-state index contributed by atoms with van der Waals surface area (Å²) in [5.41, 5.74) is 0.735. The largest absolute Gasteiger partial charge is 0.328 e. The van der Waals surface area contributed by atoms with Crippen LogP contribution in [0.2, 0.25) is 0 Å². The first-order chi connectivity index (χ1) is 10.7. The van der Waals surface area contributed by atoms with Gasteiger partial charge in [-0.1, -0.05) is 30.3 Å². The van der Waals surface area contributed by atoms with Crippen LogP contribution in [-0.2, 0) is 6.42 Å². The zero-order valence-electron chi connectivity index (χ0n) is 13.0. The van der Waals surface area contributed by atoms with Crippen molar-refractivity contribution in [1.29, 1.82) is 0 Å². The number of likely N-dealkylation sites (tertiary alicyclic amines) is 1. The Labute approximate surface area is 141 Å². The second-order valence-corrected chi connectivity index (χ2v) is 5.83. The maximum absolute atomic E-state index is 11.8. The van der Waals surface area contributed by atoms with E-state index in [-0.39, 0.29) is 29.7 Å².